The Morgan fingerprint density at radius 3 is 2.39 bits per heavy atom. The average Bonchev–Trinajstić information content (AvgIpc) is 2.86. The van der Waals surface area contributed by atoms with E-state index in [0.29, 0.717) is 0 Å². The highest BCUT2D eigenvalue weighted by Crippen LogP contribution is 2.32. The van der Waals surface area contributed by atoms with Gasteiger partial charge in [0.1, 0.15) is 18.0 Å². The largest absolute Gasteiger partial charge is 0.363 e. The number of fused-ring (bicyclic) bond motifs is 1. The topological polar surface area (TPSA) is 35.5 Å². The van der Waals surface area contributed by atoms with Gasteiger partial charge in [0.2, 0.25) is 0 Å². The van der Waals surface area contributed by atoms with Crippen LogP contribution in [0.4, 0.5) is 11.6 Å². The zero-order valence-corrected chi connectivity index (χ0v) is 11.4. The van der Waals surface area contributed by atoms with Gasteiger partial charge in [-0.25, -0.2) is 9.97 Å². The van der Waals surface area contributed by atoms with Crippen molar-refractivity contribution >= 4 is 11.6 Å². The molecule has 1 aromatic heterocycles. The molecule has 2 aliphatic heterocycles. The fourth-order valence-electron chi connectivity index (χ4n) is 3.17. The number of nitrogens with zero attached hydrogens (tertiary/aromatic N) is 5. The quantitative estimate of drug-likeness (QED) is 0.762. The minimum atomic E-state index is 0.813. The summed E-state index contributed by atoms with van der Waals surface area (Å²) in [6.45, 7) is 4.73. The van der Waals surface area contributed by atoms with Gasteiger partial charge in [0.25, 0.3) is 0 Å². The van der Waals surface area contributed by atoms with E-state index < -0.39 is 0 Å². The molecule has 2 aliphatic rings. The van der Waals surface area contributed by atoms with Crippen molar-refractivity contribution in [1.82, 2.24) is 14.9 Å². The van der Waals surface area contributed by atoms with E-state index in [9.17, 15) is 0 Å². The Bertz CT molecular complexity index is 419. The molecule has 5 nitrogen and oxygen atoms in total. The molecule has 0 amide bonds. The van der Waals surface area contributed by atoms with Crippen molar-refractivity contribution in [3.8, 4) is 0 Å². The van der Waals surface area contributed by atoms with Crippen LogP contribution in [0.25, 0.3) is 0 Å². The molecule has 5 heteroatoms. The van der Waals surface area contributed by atoms with Gasteiger partial charge in [-0.15, -0.1) is 0 Å². The Morgan fingerprint density at radius 2 is 1.78 bits per heavy atom. The predicted octanol–water partition coefficient (Wildman–Crippen LogP) is 0.540. The van der Waals surface area contributed by atoms with Crippen molar-refractivity contribution in [2.75, 3.05) is 57.1 Å². The summed E-state index contributed by atoms with van der Waals surface area (Å²) < 4.78 is 0. The molecule has 0 aromatic carbocycles. The van der Waals surface area contributed by atoms with Crippen LogP contribution in [-0.4, -0.2) is 62.2 Å². The number of hydrogen-bond acceptors (Lipinski definition) is 5. The first-order valence-electron chi connectivity index (χ1n) is 6.56. The Balaban J connectivity index is 1.75. The minimum absolute atomic E-state index is 0.813. The van der Waals surface area contributed by atoms with Gasteiger partial charge in [0.15, 0.2) is 0 Å². The Morgan fingerprint density at radius 1 is 1.11 bits per heavy atom. The number of aromatic nitrogens is 2. The van der Waals surface area contributed by atoms with E-state index in [2.05, 4.69) is 32.9 Å². The Labute approximate surface area is 108 Å². The lowest BCUT2D eigenvalue weighted by Gasteiger charge is -2.21. The summed E-state index contributed by atoms with van der Waals surface area (Å²) in [5.41, 5.74) is 0. The highest BCUT2D eigenvalue weighted by molar-refractivity contribution is 5.50. The van der Waals surface area contributed by atoms with E-state index in [1.807, 2.05) is 19.0 Å². The molecule has 3 rings (SSSR count). The van der Waals surface area contributed by atoms with Crippen molar-refractivity contribution in [3.05, 3.63) is 12.4 Å². The second-order valence-corrected chi connectivity index (χ2v) is 5.78. The van der Waals surface area contributed by atoms with E-state index in [-0.39, 0.29) is 0 Å². The van der Waals surface area contributed by atoms with E-state index >= 15 is 0 Å². The number of likely N-dealkylation sites (tertiary alicyclic amines) is 1. The summed E-state index contributed by atoms with van der Waals surface area (Å²) in [5, 5.41) is 0. The molecular formula is C13H21N5. The van der Waals surface area contributed by atoms with Crippen LogP contribution in [0.1, 0.15) is 0 Å². The van der Waals surface area contributed by atoms with Crippen molar-refractivity contribution in [1.29, 1.82) is 0 Å². The molecule has 0 N–H and O–H groups in total. The molecule has 0 radical (unpaired) electrons. The molecule has 0 aliphatic carbocycles. The van der Waals surface area contributed by atoms with Crippen molar-refractivity contribution in [3.63, 3.8) is 0 Å². The first-order chi connectivity index (χ1) is 8.63. The van der Waals surface area contributed by atoms with Crippen LogP contribution in [0, 0.1) is 11.8 Å². The van der Waals surface area contributed by atoms with Crippen LogP contribution < -0.4 is 9.80 Å². The lowest BCUT2D eigenvalue weighted by molar-refractivity contribution is 0.387. The van der Waals surface area contributed by atoms with Crippen LogP contribution in [0.15, 0.2) is 12.4 Å². The van der Waals surface area contributed by atoms with Crippen LogP contribution >= 0.6 is 0 Å². The van der Waals surface area contributed by atoms with Gasteiger partial charge in [0.05, 0.1) is 0 Å². The number of anilines is 2. The fraction of sp³-hybridized carbons (Fsp3) is 0.692. The van der Waals surface area contributed by atoms with Crippen LogP contribution in [0.5, 0.6) is 0 Å². The molecule has 1 aromatic rings. The highest BCUT2D eigenvalue weighted by Gasteiger charge is 2.39. The zero-order chi connectivity index (χ0) is 12.7. The first kappa shape index (κ1) is 11.7. The third kappa shape index (κ3) is 2.03. The molecular weight excluding hydrogens is 226 g/mol. The molecule has 0 unspecified atom stereocenters. The molecule has 3 heterocycles. The number of hydrogen-bond donors (Lipinski definition) is 0. The smallest absolute Gasteiger partial charge is 0.134 e. The maximum atomic E-state index is 4.42. The Hall–Kier alpha value is -1.36. The summed E-state index contributed by atoms with van der Waals surface area (Å²) in [5.74, 6) is 3.68. The van der Waals surface area contributed by atoms with Gasteiger partial charge in [-0.3, -0.25) is 0 Å². The third-order valence-corrected chi connectivity index (χ3v) is 4.09. The lowest BCUT2D eigenvalue weighted by Crippen LogP contribution is -2.27. The summed E-state index contributed by atoms with van der Waals surface area (Å²) >= 11 is 0. The van der Waals surface area contributed by atoms with Gasteiger partial charge >= 0.3 is 0 Å². The van der Waals surface area contributed by atoms with Crippen LogP contribution in [-0.2, 0) is 0 Å². The Kier molecular flexibility index (Phi) is 2.86. The maximum absolute atomic E-state index is 4.42. The molecule has 2 fully saturated rings. The summed E-state index contributed by atoms with van der Waals surface area (Å²) in [4.78, 5) is 15.6. The van der Waals surface area contributed by atoms with E-state index in [4.69, 9.17) is 0 Å². The number of rotatable bonds is 2. The predicted molar refractivity (Wildman–Crippen MR) is 73.0 cm³/mol. The van der Waals surface area contributed by atoms with Gasteiger partial charge < -0.3 is 14.7 Å². The van der Waals surface area contributed by atoms with E-state index in [1.165, 1.54) is 13.1 Å². The molecule has 0 saturated carbocycles. The lowest BCUT2D eigenvalue weighted by atomic mass is 10.0. The van der Waals surface area contributed by atoms with Gasteiger partial charge in [-0.1, -0.05) is 0 Å². The normalized spacial score (nSPS) is 27.6. The van der Waals surface area contributed by atoms with Gasteiger partial charge in [0, 0.05) is 46.3 Å². The SMILES string of the molecule is CN1C[C@@H]2CN(c3cc(N(C)C)ncn3)C[C@@H]2C1. The molecule has 2 atom stereocenters. The molecule has 2 saturated heterocycles. The summed E-state index contributed by atoms with van der Waals surface area (Å²) in [6.07, 6.45) is 1.67. The van der Waals surface area contributed by atoms with E-state index in [0.717, 1.165) is 36.6 Å². The highest BCUT2D eigenvalue weighted by atomic mass is 15.3. The minimum Gasteiger partial charge on any atom is -0.363 e. The van der Waals surface area contributed by atoms with Crippen LogP contribution in [0.2, 0.25) is 0 Å². The van der Waals surface area contributed by atoms with Crippen LogP contribution in [0.3, 0.4) is 0 Å². The third-order valence-electron chi connectivity index (χ3n) is 4.09. The maximum Gasteiger partial charge on any atom is 0.134 e. The first-order valence-corrected chi connectivity index (χ1v) is 6.56. The van der Waals surface area contributed by atoms with Crippen molar-refractivity contribution in [2.24, 2.45) is 11.8 Å². The molecule has 0 bridgehead atoms. The standard InChI is InChI=1S/C13H21N5/c1-16(2)12-4-13(15-9-14-12)18-7-10-5-17(3)6-11(10)8-18/h4,9-11H,5-8H2,1-3H3/t10-,11+. The second-order valence-electron chi connectivity index (χ2n) is 5.78. The molecule has 98 valence electrons. The van der Waals surface area contributed by atoms with Gasteiger partial charge in [-0.2, -0.15) is 0 Å². The van der Waals surface area contributed by atoms with Crippen molar-refractivity contribution in [2.45, 2.75) is 0 Å². The van der Waals surface area contributed by atoms with Gasteiger partial charge in [-0.05, 0) is 18.9 Å². The monoisotopic (exact) mass is 247 g/mol. The summed E-state index contributed by atoms with van der Waals surface area (Å²) in [6, 6.07) is 2.09. The zero-order valence-electron chi connectivity index (χ0n) is 11.4. The average molecular weight is 247 g/mol. The fourth-order valence-corrected chi connectivity index (χ4v) is 3.17. The second kappa shape index (κ2) is 4.39. The molecule has 0 spiro atoms. The molecule has 18 heavy (non-hydrogen) atoms. The van der Waals surface area contributed by atoms with Crippen molar-refractivity contribution < 1.29 is 0 Å². The van der Waals surface area contributed by atoms with E-state index in [1.54, 1.807) is 6.33 Å². The summed E-state index contributed by atoms with van der Waals surface area (Å²) in [7, 11) is 6.25.